The predicted octanol–water partition coefficient (Wildman–Crippen LogP) is 2.44. The summed E-state index contributed by atoms with van der Waals surface area (Å²) in [4.78, 5) is 37.0. The molecule has 3 amide bonds. The number of hydrazone groups is 1. The van der Waals surface area contributed by atoms with E-state index in [4.69, 9.17) is 28.4 Å². The molecule has 1 atom stereocenters. The van der Waals surface area contributed by atoms with Crippen LogP contribution in [0.1, 0.15) is 31.0 Å². The monoisotopic (exact) mass is 556 g/mol. The molecule has 13 heteroatoms. The van der Waals surface area contributed by atoms with Crippen molar-refractivity contribution in [3.8, 4) is 28.7 Å². The molecule has 0 unspecified atom stereocenters. The first kappa shape index (κ1) is 29.6. The van der Waals surface area contributed by atoms with Gasteiger partial charge in [-0.25, -0.2) is 15.0 Å². The Kier molecular flexibility index (Phi) is 10.2. The van der Waals surface area contributed by atoms with Gasteiger partial charge in [0.15, 0.2) is 29.6 Å². The van der Waals surface area contributed by atoms with Crippen molar-refractivity contribution in [3.63, 3.8) is 0 Å². The molecule has 0 aromatic heterocycles. The average Bonchev–Trinajstić information content (AvgIpc) is 2.94. The van der Waals surface area contributed by atoms with E-state index in [0.29, 0.717) is 39.8 Å². The number of allylic oxidation sites excluding steroid dienone is 1. The van der Waals surface area contributed by atoms with Crippen molar-refractivity contribution in [1.29, 1.82) is 0 Å². The van der Waals surface area contributed by atoms with Crippen LogP contribution in [0.25, 0.3) is 0 Å². The molecular formula is C27H32N4O9. The number of ether oxygens (including phenoxy) is 6. The third kappa shape index (κ3) is 6.92. The van der Waals surface area contributed by atoms with Gasteiger partial charge in [-0.05, 0) is 43.7 Å². The smallest absolute Gasteiger partial charge is 0.338 e. The first-order valence-electron chi connectivity index (χ1n) is 12.1. The number of carbonyl (C=O) groups excluding carboxylic acids is 3. The Morgan fingerprint density at radius 2 is 1.65 bits per heavy atom. The third-order valence-electron chi connectivity index (χ3n) is 5.73. The van der Waals surface area contributed by atoms with E-state index < -0.39 is 23.9 Å². The van der Waals surface area contributed by atoms with Crippen LogP contribution in [0, 0.1) is 0 Å². The molecule has 0 saturated carbocycles. The highest BCUT2D eigenvalue weighted by Crippen LogP contribution is 2.38. The number of hydrogen-bond donors (Lipinski definition) is 3. The number of nitrogens with zero attached hydrogens (tertiary/aromatic N) is 1. The largest absolute Gasteiger partial charge is 0.493 e. The molecule has 1 heterocycles. The first-order valence-corrected chi connectivity index (χ1v) is 12.1. The summed E-state index contributed by atoms with van der Waals surface area (Å²) in [7, 11) is 5.93. The van der Waals surface area contributed by atoms with Gasteiger partial charge in [-0.2, -0.15) is 5.10 Å². The summed E-state index contributed by atoms with van der Waals surface area (Å²) in [6.45, 7) is 3.14. The molecule has 3 N–H and O–H groups in total. The molecule has 0 spiro atoms. The minimum Gasteiger partial charge on any atom is -0.493 e. The summed E-state index contributed by atoms with van der Waals surface area (Å²) in [5, 5.41) is 9.26. The fourth-order valence-electron chi connectivity index (χ4n) is 3.94. The zero-order valence-electron chi connectivity index (χ0n) is 23.1. The fraction of sp³-hybridized carbons (Fsp3) is 0.333. The van der Waals surface area contributed by atoms with Gasteiger partial charge < -0.3 is 39.1 Å². The molecule has 0 saturated heterocycles. The molecule has 2 aromatic rings. The molecule has 40 heavy (non-hydrogen) atoms. The summed E-state index contributed by atoms with van der Waals surface area (Å²) >= 11 is 0. The Bertz CT molecular complexity index is 1300. The maximum Gasteiger partial charge on any atom is 0.338 e. The van der Waals surface area contributed by atoms with E-state index in [-0.39, 0.29) is 24.5 Å². The Morgan fingerprint density at radius 3 is 2.25 bits per heavy atom. The van der Waals surface area contributed by atoms with Crippen molar-refractivity contribution in [2.24, 2.45) is 5.10 Å². The van der Waals surface area contributed by atoms with Gasteiger partial charge >= 0.3 is 12.0 Å². The van der Waals surface area contributed by atoms with E-state index in [1.54, 1.807) is 44.2 Å². The number of urea groups is 1. The number of hydrogen-bond acceptors (Lipinski definition) is 10. The normalized spacial score (nSPS) is 14.7. The first-order chi connectivity index (χ1) is 19.3. The standard InChI is InChI=1S/C27H32N4O9/c1-7-39-26(33)23-15(2)29-27(34)30-24(23)17-8-9-18(19(12-17)35-3)40-14-22(32)31-28-13-16-10-20(36-4)25(38-6)21(11-16)37-5/h8-13,24H,7,14H2,1-6H3,(H,31,32)(H2,29,30,34)/b28-13-/t24-/m0/s1. The Labute approximate surface area is 231 Å². The van der Waals surface area contributed by atoms with Crippen LogP contribution < -0.4 is 39.7 Å². The molecule has 13 nitrogen and oxygen atoms in total. The number of rotatable bonds is 12. The van der Waals surface area contributed by atoms with Crippen LogP contribution in [-0.4, -0.2) is 65.8 Å². The molecule has 0 bridgehead atoms. The number of methoxy groups -OCH3 is 4. The zero-order valence-corrected chi connectivity index (χ0v) is 23.1. The van der Waals surface area contributed by atoms with Crippen molar-refractivity contribution >= 4 is 24.1 Å². The second-order valence-corrected chi connectivity index (χ2v) is 8.24. The Balaban J connectivity index is 1.69. The number of amides is 3. The van der Waals surface area contributed by atoms with Gasteiger partial charge in [0.05, 0.1) is 52.9 Å². The number of nitrogens with one attached hydrogen (secondary N) is 3. The fourth-order valence-corrected chi connectivity index (χ4v) is 3.94. The Hall–Kier alpha value is -4.94. The lowest BCUT2D eigenvalue weighted by Gasteiger charge is -2.28. The minimum absolute atomic E-state index is 0.182. The molecule has 3 rings (SSSR count). The SMILES string of the molecule is CCOC(=O)C1=C(C)NC(=O)N[C@H]1c1ccc(OCC(=O)N/N=C\c2cc(OC)c(OC)c(OC)c2)c(OC)c1. The van der Waals surface area contributed by atoms with Gasteiger partial charge in [0.25, 0.3) is 5.91 Å². The summed E-state index contributed by atoms with van der Waals surface area (Å²) in [6, 6.07) is 6.96. The molecule has 2 aromatic carbocycles. The molecular weight excluding hydrogens is 524 g/mol. The van der Waals surface area contributed by atoms with Crippen molar-refractivity contribution in [3.05, 3.63) is 52.7 Å². The van der Waals surface area contributed by atoms with E-state index in [9.17, 15) is 14.4 Å². The van der Waals surface area contributed by atoms with Crippen LogP contribution in [0.15, 0.2) is 46.7 Å². The second kappa shape index (κ2) is 13.7. The molecule has 0 fully saturated rings. The van der Waals surface area contributed by atoms with Crippen molar-refractivity contribution in [2.75, 3.05) is 41.7 Å². The van der Waals surface area contributed by atoms with Gasteiger partial charge in [0.2, 0.25) is 5.75 Å². The third-order valence-corrected chi connectivity index (χ3v) is 5.73. The lowest BCUT2D eigenvalue weighted by molar-refractivity contribution is -0.139. The molecule has 0 radical (unpaired) electrons. The Morgan fingerprint density at radius 1 is 0.975 bits per heavy atom. The predicted molar refractivity (Wildman–Crippen MR) is 144 cm³/mol. The van der Waals surface area contributed by atoms with Crippen LogP contribution in [0.2, 0.25) is 0 Å². The molecule has 0 aliphatic carbocycles. The molecule has 214 valence electrons. The highest BCUT2D eigenvalue weighted by molar-refractivity contribution is 5.95. The summed E-state index contributed by atoms with van der Waals surface area (Å²) in [6.07, 6.45) is 1.42. The van der Waals surface area contributed by atoms with Crippen molar-refractivity contribution < 1.29 is 42.8 Å². The van der Waals surface area contributed by atoms with Crippen molar-refractivity contribution in [2.45, 2.75) is 19.9 Å². The van der Waals surface area contributed by atoms with Crippen LogP contribution in [-0.2, 0) is 14.3 Å². The quantitative estimate of drug-likeness (QED) is 0.203. The van der Waals surface area contributed by atoms with Crippen LogP contribution in [0.3, 0.4) is 0 Å². The summed E-state index contributed by atoms with van der Waals surface area (Å²) in [5.41, 5.74) is 4.19. The molecule has 1 aliphatic rings. The van der Waals surface area contributed by atoms with Crippen LogP contribution in [0.5, 0.6) is 28.7 Å². The summed E-state index contributed by atoms with van der Waals surface area (Å²) in [5.74, 6) is 0.804. The zero-order chi connectivity index (χ0) is 29.2. The van der Waals surface area contributed by atoms with Gasteiger partial charge in [-0.3, -0.25) is 4.79 Å². The lowest BCUT2D eigenvalue weighted by Crippen LogP contribution is -2.45. The second-order valence-electron chi connectivity index (χ2n) is 8.24. The van der Waals surface area contributed by atoms with E-state index in [2.05, 4.69) is 21.2 Å². The van der Waals surface area contributed by atoms with Gasteiger partial charge in [0.1, 0.15) is 0 Å². The van der Waals surface area contributed by atoms with Crippen LogP contribution >= 0.6 is 0 Å². The highest BCUT2D eigenvalue weighted by Gasteiger charge is 2.32. The van der Waals surface area contributed by atoms with Gasteiger partial charge in [-0.1, -0.05) is 6.07 Å². The topological polar surface area (TPSA) is 155 Å². The van der Waals surface area contributed by atoms with E-state index in [1.807, 2.05) is 0 Å². The van der Waals surface area contributed by atoms with Crippen molar-refractivity contribution in [1.82, 2.24) is 16.1 Å². The van der Waals surface area contributed by atoms with E-state index >= 15 is 0 Å². The van der Waals surface area contributed by atoms with E-state index in [1.165, 1.54) is 34.7 Å². The van der Waals surface area contributed by atoms with E-state index in [0.717, 1.165) is 0 Å². The maximum absolute atomic E-state index is 12.6. The van der Waals surface area contributed by atoms with Gasteiger partial charge in [-0.15, -0.1) is 0 Å². The number of esters is 1. The minimum atomic E-state index is -0.774. The lowest BCUT2D eigenvalue weighted by atomic mass is 9.95. The van der Waals surface area contributed by atoms with Gasteiger partial charge in [0, 0.05) is 11.3 Å². The molecule has 1 aliphatic heterocycles. The highest BCUT2D eigenvalue weighted by atomic mass is 16.5. The van der Waals surface area contributed by atoms with Crippen LogP contribution in [0.4, 0.5) is 4.79 Å². The number of benzene rings is 2. The average molecular weight is 557 g/mol. The maximum atomic E-state index is 12.6. The summed E-state index contributed by atoms with van der Waals surface area (Å²) < 4.78 is 32.1. The number of carbonyl (C=O) groups is 3.